The molecule has 0 amide bonds. The van der Waals surface area contributed by atoms with E-state index in [0.717, 1.165) is 0 Å². The summed E-state index contributed by atoms with van der Waals surface area (Å²) in [5, 5.41) is 34.5. The Bertz CT molecular complexity index is 460. The van der Waals surface area contributed by atoms with Crippen LogP contribution >= 0.6 is 0 Å². The van der Waals surface area contributed by atoms with Crippen LogP contribution in [-0.2, 0) is 29.3 Å². The highest BCUT2D eigenvalue weighted by molar-refractivity contribution is 5.17. The first-order valence-electron chi connectivity index (χ1n) is 8.36. The number of benzene rings is 1. The van der Waals surface area contributed by atoms with Gasteiger partial charge in [-0.15, -0.1) is 0 Å². The highest BCUT2D eigenvalue weighted by Gasteiger charge is 2.48. The zero-order valence-corrected chi connectivity index (χ0v) is 16.4. The smallest absolute Gasteiger partial charge is 0.246 e. The van der Waals surface area contributed by atoms with Gasteiger partial charge in [-0.25, -0.2) is 21.0 Å². The topological polar surface area (TPSA) is 136 Å². The molecule has 0 heterocycles. The first-order valence-corrected chi connectivity index (χ1v) is 8.36. The van der Waals surface area contributed by atoms with Gasteiger partial charge in [-0.05, 0) is 11.5 Å². The molecule has 1 aromatic rings. The van der Waals surface area contributed by atoms with Crippen LogP contribution in [-0.4, -0.2) is 33.0 Å². The minimum Gasteiger partial charge on any atom is -0.246 e. The summed E-state index contributed by atoms with van der Waals surface area (Å²) in [5.41, 5.74) is 1.41. The van der Waals surface area contributed by atoms with E-state index in [9.17, 15) is 0 Å². The maximum atomic E-state index is 8.63. The lowest BCUT2D eigenvalue weighted by Crippen LogP contribution is -2.49. The highest BCUT2D eigenvalue weighted by atomic mass is 17.4. The van der Waals surface area contributed by atoms with Crippen LogP contribution in [0.1, 0.15) is 53.0 Å². The molecule has 158 valence electrons. The van der Waals surface area contributed by atoms with Crippen molar-refractivity contribution in [2.24, 2.45) is 11.8 Å². The SMILES string of the molecule is CC(C)C(OO)(OO)OOC(OO)(OO)C(C)C.CC(C)c1ccccc1. The average molecular weight is 394 g/mol. The van der Waals surface area contributed by atoms with Crippen molar-refractivity contribution < 1.29 is 50.4 Å². The molecule has 1 rings (SSSR count). The molecule has 27 heavy (non-hydrogen) atoms. The summed E-state index contributed by atoms with van der Waals surface area (Å²) in [4.78, 5) is 24.2. The summed E-state index contributed by atoms with van der Waals surface area (Å²) in [6.07, 6.45) is 0. The Balaban J connectivity index is 0.000000621. The molecule has 0 fully saturated rings. The molecule has 10 heteroatoms. The van der Waals surface area contributed by atoms with Gasteiger partial charge in [0, 0.05) is 11.8 Å². The van der Waals surface area contributed by atoms with Crippen LogP contribution in [0, 0.1) is 11.8 Å². The van der Waals surface area contributed by atoms with Gasteiger partial charge >= 0.3 is 11.9 Å². The maximum absolute atomic E-state index is 8.63. The van der Waals surface area contributed by atoms with E-state index in [1.54, 1.807) is 0 Å². The van der Waals surface area contributed by atoms with Crippen molar-refractivity contribution in [2.45, 2.75) is 59.4 Å². The zero-order valence-electron chi connectivity index (χ0n) is 16.4. The molecule has 0 aromatic heterocycles. The fourth-order valence-corrected chi connectivity index (χ4v) is 1.66. The molecule has 0 unspecified atom stereocenters. The van der Waals surface area contributed by atoms with Crippen LogP contribution in [0.25, 0.3) is 0 Å². The third-order valence-electron chi connectivity index (χ3n) is 3.66. The van der Waals surface area contributed by atoms with Gasteiger partial charge in [0.1, 0.15) is 0 Å². The second-order valence-corrected chi connectivity index (χ2v) is 6.61. The molecule has 0 saturated carbocycles. The molecular formula is C17H30O10. The van der Waals surface area contributed by atoms with E-state index in [1.165, 1.54) is 33.3 Å². The Kier molecular flexibility index (Phi) is 11.8. The van der Waals surface area contributed by atoms with E-state index < -0.39 is 23.8 Å². The molecule has 0 atom stereocenters. The van der Waals surface area contributed by atoms with Gasteiger partial charge in [0.2, 0.25) is 0 Å². The standard InChI is InChI=1S/C9H12.C8H18O10/c1-8(2)9-6-4-3-5-7-9;1-5(2)7(13-9,14-10)17-18-8(15-11,16-12)6(3)4/h3-8H,1-2H3;5-6,9-12H,1-4H3. The van der Waals surface area contributed by atoms with Crippen molar-refractivity contribution in [2.75, 3.05) is 0 Å². The van der Waals surface area contributed by atoms with Gasteiger partial charge in [-0.3, -0.25) is 0 Å². The third-order valence-corrected chi connectivity index (χ3v) is 3.66. The minimum absolute atomic E-state index is 0.659. The third kappa shape index (κ3) is 7.39. The second kappa shape index (κ2) is 12.3. The van der Waals surface area contributed by atoms with Crippen LogP contribution < -0.4 is 0 Å². The number of hydrogen-bond donors (Lipinski definition) is 4. The normalized spacial score (nSPS) is 12.5. The molecule has 0 spiro atoms. The Morgan fingerprint density at radius 3 is 1.15 bits per heavy atom. The second-order valence-electron chi connectivity index (χ2n) is 6.61. The lowest BCUT2D eigenvalue weighted by Gasteiger charge is -2.33. The van der Waals surface area contributed by atoms with Crippen molar-refractivity contribution >= 4 is 0 Å². The van der Waals surface area contributed by atoms with Gasteiger partial charge in [0.15, 0.2) is 0 Å². The number of hydrogen-bond acceptors (Lipinski definition) is 10. The molecule has 0 bridgehead atoms. The van der Waals surface area contributed by atoms with Gasteiger partial charge < -0.3 is 0 Å². The van der Waals surface area contributed by atoms with Crippen molar-refractivity contribution in [3.63, 3.8) is 0 Å². The first kappa shape index (κ1) is 25.8. The molecule has 0 saturated heterocycles. The zero-order chi connectivity index (χ0) is 21.1. The Hall–Kier alpha value is -1.18. The van der Waals surface area contributed by atoms with Crippen molar-refractivity contribution in [1.29, 1.82) is 0 Å². The Morgan fingerprint density at radius 2 is 0.963 bits per heavy atom. The summed E-state index contributed by atoms with van der Waals surface area (Å²) >= 11 is 0. The molecule has 4 N–H and O–H groups in total. The lowest BCUT2D eigenvalue weighted by atomic mass is 10.0. The highest BCUT2D eigenvalue weighted by Crippen LogP contribution is 2.30. The van der Waals surface area contributed by atoms with Gasteiger partial charge in [0.25, 0.3) is 0 Å². The fraction of sp³-hybridized carbons (Fsp3) is 0.647. The Labute approximate surface area is 158 Å². The molecule has 10 nitrogen and oxygen atoms in total. The summed E-state index contributed by atoms with van der Waals surface area (Å²) in [7, 11) is 0. The van der Waals surface area contributed by atoms with E-state index in [4.69, 9.17) is 21.0 Å². The lowest BCUT2D eigenvalue weighted by molar-refractivity contribution is -0.702. The minimum atomic E-state index is -2.42. The molecule has 1 aromatic carbocycles. The molecule has 0 aliphatic rings. The summed E-state index contributed by atoms with van der Waals surface area (Å²) in [5.74, 6) is -5.69. The van der Waals surface area contributed by atoms with Gasteiger partial charge in [-0.2, -0.15) is 29.3 Å². The van der Waals surface area contributed by atoms with E-state index in [2.05, 4.69) is 67.4 Å². The predicted molar refractivity (Wildman–Crippen MR) is 92.7 cm³/mol. The molecule has 0 radical (unpaired) electrons. The van der Waals surface area contributed by atoms with Crippen molar-refractivity contribution in [3.05, 3.63) is 35.9 Å². The molecular weight excluding hydrogens is 364 g/mol. The van der Waals surface area contributed by atoms with E-state index in [1.807, 2.05) is 6.07 Å². The van der Waals surface area contributed by atoms with Crippen molar-refractivity contribution in [3.8, 4) is 0 Å². The first-order chi connectivity index (χ1) is 12.6. The van der Waals surface area contributed by atoms with Crippen LogP contribution in [0.3, 0.4) is 0 Å². The fourth-order valence-electron chi connectivity index (χ4n) is 1.66. The van der Waals surface area contributed by atoms with Crippen LogP contribution in [0.5, 0.6) is 0 Å². The summed E-state index contributed by atoms with van der Waals surface area (Å²) in [6, 6.07) is 10.5. The molecule has 0 aliphatic carbocycles. The summed E-state index contributed by atoms with van der Waals surface area (Å²) < 4.78 is 0. The molecule has 0 aliphatic heterocycles. The Morgan fingerprint density at radius 1 is 0.630 bits per heavy atom. The number of rotatable bonds is 10. The van der Waals surface area contributed by atoms with Crippen LogP contribution in [0.15, 0.2) is 30.3 Å². The quantitative estimate of drug-likeness (QED) is 0.258. The maximum Gasteiger partial charge on any atom is 0.367 e. The van der Waals surface area contributed by atoms with E-state index in [0.29, 0.717) is 5.92 Å². The monoisotopic (exact) mass is 394 g/mol. The van der Waals surface area contributed by atoms with Crippen molar-refractivity contribution in [1.82, 2.24) is 0 Å². The van der Waals surface area contributed by atoms with Crippen LogP contribution in [0.2, 0.25) is 0 Å². The van der Waals surface area contributed by atoms with E-state index in [-0.39, 0.29) is 0 Å². The largest absolute Gasteiger partial charge is 0.367 e. The summed E-state index contributed by atoms with van der Waals surface area (Å²) in [6.45, 7) is 10.2. The van der Waals surface area contributed by atoms with Gasteiger partial charge in [-0.1, -0.05) is 71.9 Å². The predicted octanol–water partition coefficient (Wildman–Crippen LogP) is 4.32. The van der Waals surface area contributed by atoms with Gasteiger partial charge in [0.05, 0.1) is 0 Å². The van der Waals surface area contributed by atoms with E-state index >= 15 is 0 Å². The average Bonchev–Trinajstić information content (AvgIpc) is 2.67. The van der Waals surface area contributed by atoms with Crippen LogP contribution in [0.4, 0.5) is 0 Å².